The molecule has 3 heterocycles. The molecule has 0 aliphatic carbocycles. The van der Waals surface area contributed by atoms with Crippen molar-refractivity contribution in [3.63, 3.8) is 0 Å². The van der Waals surface area contributed by atoms with Gasteiger partial charge in [-0.1, -0.05) is 31.2 Å². The lowest BCUT2D eigenvalue weighted by Gasteiger charge is -2.40. The van der Waals surface area contributed by atoms with E-state index in [1.54, 1.807) is 12.1 Å². The number of para-hydroxylation sites is 2. The van der Waals surface area contributed by atoms with E-state index >= 15 is 0 Å². The van der Waals surface area contributed by atoms with Crippen molar-refractivity contribution in [3.05, 3.63) is 54.1 Å². The maximum atomic E-state index is 13.6. The second-order valence-corrected chi connectivity index (χ2v) is 9.39. The standard InChI is InChI=1S/C26H31N3O5/c1-2-26(19-10-12-28(13-11-19)15-18-6-5-7-20(30)14-18)24(31)29(25(32)27-26)16-21-17-33-22-8-3-4-9-23(22)34-21/h3-9,14,19,21,30H,2,10-13,15-17H2,1H3,(H,27,32)/t21-,26+/m0/s1. The molecule has 0 bridgehead atoms. The molecule has 2 fully saturated rings. The Kier molecular flexibility index (Phi) is 6.08. The number of benzene rings is 2. The largest absolute Gasteiger partial charge is 0.508 e. The highest BCUT2D eigenvalue weighted by Gasteiger charge is 2.55. The Morgan fingerprint density at radius 2 is 1.85 bits per heavy atom. The average molecular weight is 466 g/mol. The molecule has 0 spiro atoms. The molecule has 3 amide bonds. The second-order valence-electron chi connectivity index (χ2n) is 9.39. The van der Waals surface area contributed by atoms with Crippen molar-refractivity contribution in [2.75, 3.05) is 26.2 Å². The molecule has 0 aromatic heterocycles. The normalized spacial score (nSPS) is 25.4. The van der Waals surface area contributed by atoms with Crippen LogP contribution in [0.4, 0.5) is 4.79 Å². The Morgan fingerprint density at radius 1 is 1.09 bits per heavy atom. The molecular weight excluding hydrogens is 434 g/mol. The monoisotopic (exact) mass is 465 g/mol. The molecule has 2 N–H and O–H groups in total. The van der Waals surface area contributed by atoms with E-state index in [2.05, 4.69) is 10.2 Å². The summed E-state index contributed by atoms with van der Waals surface area (Å²) in [6.45, 7) is 4.85. The first kappa shape index (κ1) is 22.5. The van der Waals surface area contributed by atoms with Gasteiger partial charge in [0.05, 0.1) is 6.54 Å². The quantitative estimate of drug-likeness (QED) is 0.637. The third kappa shape index (κ3) is 4.18. The number of amides is 3. The van der Waals surface area contributed by atoms with E-state index in [0.29, 0.717) is 24.5 Å². The molecule has 180 valence electrons. The van der Waals surface area contributed by atoms with Crippen LogP contribution in [-0.2, 0) is 11.3 Å². The number of piperidine rings is 1. The number of rotatable bonds is 6. The van der Waals surface area contributed by atoms with Crippen LogP contribution in [0.1, 0.15) is 31.7 Å². The van der Waals surface area contributed by atoms with Gasteiger partial charge in [-0.25, -0.2) is 4.79 Å². The van der Waals surface area contributed by atoms with Crippen molar-refractivity contribution in [3.8, 4) is 17.2 Å². The van der Waals surface area contributed by atoms with Crippen LogP contribution >= 0.6 is 0 Å². The van der Waals surface area contributed by atoms with Crippen molar-refractivity contribution in [2.24, 2.45) is 5.92 Å². The number of ether oxygens (including phenoxy) is 2. The van der Waals surface area contributed by atoms with Crippen molar-refractivity contribution in [1.82, 2.24) is 15.1 Å². The minimum Gasteiger partial charge on any atom is -0.508 e. The smallest absolute Gasteiger partial charge is 0.325 e. The summed E-state index contributed by atoms with van der Waals surface area (Å²) in [5.41, 5.74) is 0.193. The molecule has 3 aliphatic rings. The first-order valence-corrected chi connectivity index (χ1v) is 12.0. The number of carbonyl (C=O) groups excluding carboxylic acids is 2. The predicted octanol–water partition coefficient (Wildman–Crippen LogP) is 3.14. The molecule has 2 saturated heterocycles. The number of hydrogen-bond donors (Lipinski definition) is 2. The number of carbonyl (C=O) groups is 2. The molecule has 2 atom stereocenters. The van der Waals surface area contributed by atoms with Crippen LogP contribution in [0.25, 0.3) is 0 Å². The molecule has 8 nitrogen and oxygen atoms in total. The number of nitrogens with zero attached hydrogens (tertiary/aromatic N) is 2. The number of phenolic OH excluding ortho intramolecular Hbond substituents is 1. The van der Waals surface area contributed by atoms with E-state index in [1.807, 2.05) is 43.3 Å². The third-order valence-corrected chi connectivity index (χ3v) is 7.31. The fourth-order valence-corrected chi connectivity index (χ4v) is 5.47. The number of aromatic hydroxyl groups is 1. The van der Waals surface area contributed by atoms with Crippen molar-refractivity contribution >= 4 is 11.9 Å². The summed E-state index contributed by atoms with van der Waals surface area (Å²) in [6.07, 6.45) is 1.79. The Bertz CT molecular complexity index is 1070. The number of imide groups is 1. The van der Waals surface area contributed by atoms with Gasteiger partial charge in [-0.05, 0) is 68.1 Å². The number of hydrogen-bond acceptors (Lipinski definition) is 6. The van der Waals surface area contributed by atoms with Crippen molar-refractivity contribution in [2.45, 2.75) is 44.4 Å². The van der Waals surface area contributed by atoms with Gasteiger partial charge >= 0.3 is 6.03 Å². The Hall–Kier alpha value is -3.26. The van der Waals surface area contributed by atoms with Crippen LogP contribution < -0.4 is 14.8 Å². The first-order valence-electron chi connectivity index (χ1n) is 12.0. The van der Waals surface area contributed by atoms with E-state index in [1.165, 1.54) is 4.90 Å². The third-order valence-electron chi connectivity index (χ3n) is 7.31. The van der Waals surface area contributed by atoms with E-state index in [9.17, 15) is 14.7 Å². The summed E-state index contributed by atoms with van der Waals surface area (Å²) >= 11 is 0. The number of nitrogens with one attached hydrogen (secondary N) is 1. The molecule has 2 aromatic rings. The highest BCUT2D eigenvalue weighted by Crippen LogP contribution is 2.37. The van der Waals surface area contributed by atoms with E-state index in [0.717, 1.165) is 38.0 Å². The topological polar surface area (TPSA) is 91.3 Å². The number of urea groups is 1. The Morgan fingerprint density at radius 3 is 2.59 bits per heavy atom. The van der Waals surface area contributed by atoms with Gasteiger partial charge in [0, 0.05) is 6.54 Å². The molecule has 0 unspecified atom stereocenters. The Labute approximate surface area is 199 Å². The zero-order valence-electron chi connectivity index (χ0n) is 19.4. The molecule has 0 saturated carbocycles. The second kappa shape index (κ2) is 9.18. The average Bonchev–Trinajstić information content (AvgIpc) is 3.09. The highest BCUT2D eigenvalue weighted by molar-refractivity contribution is 6.07. The van der Waals surface area contributed by atoms with Gasteiger partial charge in [0.25, 0.3) is 5.91 Å². The summed E-state index contributed by atoms with van der Waals surface area (Å²) in [6, 6.07) is 14.4. The summed E-state index contributed by atoms with van der Waals surface area (Å²) in [5, 5.41) is 12.8. The lowest BCUT2D eigenvalue weighted by Crippen LogP contribution is -2.56. The van der Waals surface area contributed by atoms with Gasteiger partial charge in [0.15, 0.2) is 17.6 Å². The summed E-state index contributed by atoms with van der Waals surface area (Å²) in [5.74, 6) is 1.49. The number of likely N-dealkylation sites (tertiary alicyclic amines) is 1. The van der Waals surface area contributed by atoms with Gasteiger partial charge in [0.2, 0.25) is 0 Å². The van der Waals surface area contributed by atoms with Gasteiger partial charge < -0.3 is 19.9 Å². The minimum absolute atomic E-state index is 0.0728. The van der Waals surface area contributed by atoms with E-state index in [4.69, 9.17) is 9.47 Å². The van der Waals surface area contributed by atoms with Gasteiger partial charge in [-0.3, -0.25) is 14.6 Å². The summed E-state index contributed by atoms with van der Waals surface area (Å²) in [4.78, 5) is 30.2. The van der Waals surface area contributed by atoms with Crippen LogP contribution in [0.3, 0.4) is 0 Å². The number of phenols is 1. The zero-order chi connectivity index (χ0) is 23.7. The first-order chi connectivity index (χ1) is 16.5. The summed E-state index contributed by atoms with van der Waals surface area (Å²) < 4.78 is 11.8. The van der Waals surface area contributed by atoms with Gasteiger partial charge in [-0.15, -0.1) is 0 Å². The maximum Gasteiger partial charge on any atom is 0.325 e. The van der Waals surface area contributed by atoms with Crippen LogP contribution in [0.15, 0.2) is 48.5 Å². The van der Waals surface area contributed by atoms with E-state index < -0.39 is 11.6 Å². The van der Waals surface area contributed by atoms with E-state index in [-0.39, 0.29) is 30.2 Å². The van der Waals surface area contributed by atoms with Crippen LogP contribution in [-0.4, -0.2) is 64.7 Å². The van der Waals surface area contributed by atoms with Crippen LogP contribution in [0.2, 0.25) is 0 Å². The molecule has 3 aliphatic heterocycles. The Balaban J connectivity index is 1.22. The molecule has 8 heteroatoms. The fraction of sp³-hybridized carbons (Fsp3) is 0.462. The van der Waals surface area contributed by atoms with Crippen LogP contribution in [0, 0.1) is 5.92 Å². The van der Waals surface area contributed by atoms with Crippen molar-refractivity contribution < 1.29 is 24.2 Å². The predicted molar refractivity (Wildman–Crippen MR) is 126 cm³/mol. The summed E-state index contributed by atoms with van der Waals surface area (Å²) in [7, 11) is 0. The fourth-order valence-electron chi connectivity index (χ4n) is 5.47. The molecule has 34 heavy (non-hydrogen) atoms. The number of fused-ring (bicyclic) bond motifs is 1. The molecule has 5 rings (SSSR count). The highest BCUT2D eigenvalue weighted by atomic mass is 16.6. The van der Waals surface area contributed by atoms with Gasteiger partial charge in [0.1, 0.15) is 17.9 Å². The minimum atomic E-state index is -0.873. The molecule has 0 radical (unpaired) electrons. The molecule has 2 aromatic carbocycles. The van der Waals surface area contributed by atoms with Gasteiger partial charge in [-0.2, -0.15) is 0 Å². The van der Waals surface area contributed by atoms with Crippen LogP contribution in [0.5, 0.6) is 17.2 Å². The zero-order valence-corrected chi connectivity index (χ0v) is 19.4. The molecular formula is C26H31N3O5. The maximum absolute atomic E-state index is 13.6. The van der Waals surface area contributed by atoms with Crippen molar-refractivity contribution in [1.29, 1.82) is 0 Å². The SMILES string of the molecule is CC[C@]1(C2CCN(Cc3cccc(O)c3)CC2)NC(=O)N(C[C@H]2COc3ccccc3O2)C1=O. The lowest BCUT2D eigenvalue weighted by molar-refractivity contribution is -0.135. The lowest BCUT2D eigenvalue weighted by atomic mass is 9.75.